The average Bonchev–Trinajstić information content (AvgIpc) is 3.00. The summed E-state index contributed by atoms with van der Waals surface area (Å²) in [5, 5.41) is 11.0. The highest BCUT2D eigenvalue weighted by molar-refractivity contribution is 5.65. The molecule has 4 heteroatoms. The largest absolute Gasteiger partial charge is 0.388 e. The first-order valence-corrected chi connectivity index (χ1v) is 8.53. The van der Waals surface area contributed by atoms with E-state index in [0.29, 0.717) is 6.61 Å². The zero-order valence-electron chi connectivity index (χ0n) is 14.7. The molecule has 4 nitrogen and oxygen atoms in total. The Labute approximate surface area is 149 Å². The third-order valence-electron chi connectivity index (χ3n) is 4.37. The molecule has 2 aromatic rings. The summed E-state index contributed by atoms with van der Waals surface area (Å²) in [5.41, 5.74) is 1.96. The number of hydrogen-bond donors (Lipinski definition) is 1. The van der Waals surface area contributed by atoms with Gasteiger partial charge in [-0.2, -0.15) is 0 Å². The zero-order chi connectivity index (χ0) is 17.9. The fourth-order valence-electron chi connectivity index (χ4n) is 3.17. The summed E-state index contributed by atoms with van der Waals surface area (Å²) in [5.74, 6) is -0.679. The van der Waals surface area contributed by atoms with Gasteiger partial charge >= 0.3 is 0 Å². The molecule has 0 amide bonds. The zero-order valence-corrected chi connectivity index (χ0v) is 14.7. The third kappa shape index (κ3) is 3.93. The van der Waals surface area contributed by atoms with Crippen molar-refractivity contribution in [2.45, 2.75) is 37.9 Å². The number of nitrogens with zero attached hydrogens (tertiary/aromatic N) is 1. The van der Waals surface area contributed by atoms with E-state index in [2.05, 4.69) is 11.5 Å². The molecule has 0 saturated carbocycles. The summed E-state index contributed by atoms with van der Waals surface area (Å²) in [6, 6.07) is 19.6. The fourth-order valence-corrected chi connectivity index (χ4v) is 3.17. The Morgan fingerprint density at radius 3 is 2.00 bits per heavy atom. The van der Waals surface area contributed by atoms with Crippen LogP contribution in [0.25, 0.3) is 0 Å². The van der Waals surface area contributed by atoms with E-state index in [9.17, 15) is 5.11 Å². The van der Waals surface area contributed by atoms with Gasteiger partial charge in [0.05, 0.1) is 12.6 Å². The molecule has 0 aliphatic carbocycles. The van der Waals surface area contributed by atoms with Crippen LogP contribution >= 0.6 is 0 Å². The monoisotopic (exact) mass is 339 g/mol. The molecular weight excluding hydrogens is 314 g/mol. The van der Waals surface area contributed by atoms with Crippen LogP contribution in [0.4, 0.5) is 11.4 Å². The molecule has 2 aromatic carbocycles. The standard InChI is InChI=1S/C21H25NO3/c1-4-18(20(23)19-15-24-21(2,3)25-19)22(16-11-7-5-8-12-16)17-13-9-6-10-14-17/h4-14,18-20,23H,1,15H2,2-3H3/t18-,19-,20-/m0/s1. The summed E-state index contributed by atoms with van der Waals surface area (Å²) in [4.78, 5) is 2.08. The maximum absolute atomic E-state index is 11.0. The summed E-state index contributed by atoms with van der Waals surface area (Å²) < 4.78 is 11.5. The summed E-state index contributed by atoms with van der Waals surface area (Å²) >= 11 is 0. The van der Waals surface area contributed by atoms with Crippen molar-refractivity contribution in [3.8, 4) is 0 Å². The number of benzene rings is 2. The molecule has 1 fully saturated rings. The van der Waals surface area contributed by atoms with Gasteiger partial charge in [-0.15, -0.1) is 6.58 Å². The van der Waals surface area contributed by atoms with Crippen molar-refractivity contribution >= 4 is 11.4 Å². The van der Waals surface area contributed by atoms with Gasteiger partial charge in [-0.3, -0.25) is 0 Å². The van der Waals surface area contributed by atoms with E-state index in [1.165, 1.54) is 0 Å². The Hall–Kier alpha value is -2.14. The van der Waals surface area contributed by atoms with Crippen LogP contribution in [-0.2, 0) is 9.47 Å². The van der Waals surface area contributed by atoms with Crippen molar-refractivity contribution in [2.24, 2.45) is 0 Å². The number of aliphatic hydroxyl groups is 1. The van der Waals surface area contributed by atoms with E-state index in [0.717, 1.165) is 11.4 Å². The van der Waals surface area contributed by atoms with E-state index < -0.39 is 18.0 Å². The van der Waals surface area contributed by atoms with Crippen LogP contribution < -0.4 is 4.90 Å². The lowest BCUT2D eigenvalue weighted by Crippen LogP contribution is -2.47. The smallest absolute Gasteiger partial charge is 0.163 e. The van der Waals surface area contributed by atoms with Crippen molar-refractivity contribution in [3.63, 3.8) is 0 Å². The van der Waals surface area contributed by atoms with Crippen LogP contribution in [0.5, 0.6) is 0 Å². The second-order valence-corrected chi connectivity index (χ2v) is 6.63. The first-order valence-electron chi connectivity index (χ1n) is 8.53. The quantitative estimate of drug-likeness (QED) is 0.811. The number of aliphatic hydroxyl groups excluding tert-OH is 1. The highest BCUT2D eigenvalue weighted by Gasteiger charge is 2.41. The summed E-state index contributed by atoms with van der Waals surface area (Å²) in [6.07, 6.45) is 0.576. The molecule has 1 aliphatic rings. The van der Waals surface area contributed by atoms with E-state index in [1.54, 1.807) is 6.08 Å². The maximum atomic E-state index is 11.0. The molecule has 0 unspecified atom stereocenters. The normalized spacial score (nSPS) is 21.5. The number of rotatable bonds is 6. The van der Waals surface area contributed by atoms with E-state index in [4.69, 9.17) is 9.47 Å². The maximum Gasteiger partial charge on any atom is 0.163 e. The van der Waals surface area contributed by atoms with Crippen LogP contribution in [0.1, 0.15) is 13.8 Å². The molecule has 1 N–H and O–H groups in total. The van der Waals surface area contributed by atoms with E-state index >= 15 is 0 Å². The minimum atomic E-state index is -0.778. The second-order valence-electron chi connectivity index (χ2n) is 6.63. The first-order chi connectivity index (χ1) is 12.0. The molecule has 0 radical (unpaired) electrons. The van der Waals surface area contributed by atoms with Crippen LogP contribution in [0, 0.1) is 0 Å². The van der Waals surface area contributed by atoms with Gasteiger partial charge in [-0.05, 0) is 38.1 Å². The van der Waals surface area contributed by atoms with E-state index in [1.807, 2.05) is 74.5 Å². The lowest BCUT2D eigenvalue weighted by molar-refractivity contribution is -0.151. The van der Waals surface area contributed by atoms with Gasteiger partial charge in [0.2, 0.25) is 0 Å². The highest BCUT2D eigenvalue weighted by atomic mass is 16.7. The van der Waals surface area contributed by atoms with Gasteiger partial charge in [0, 0.05) is 11.4 Å². The molecule has 0 bridgehead atoms. The van der Waals surface area contributed by atoms with Gasteiger partial charge in [0.25, 0.3) is 0 Å². The van der Waals surface area contributed by atoms with Crippen molar-refractivity contribution in [1.82, 2.24) is 0 Å². The predicted octanol–water partition coefficient (Wildman–Crippen LogP) is 3.89. The SMILES string of the molecule is C=C[C@@H]([C@H](O)[C@@H]1COC(C)(C)O1)N(c1ccccc1)c1ccccc1. The van der Waals surface area contributed by atoms with Gasteiger partial charge < -0.3 is 19.5 Å². The van der Waals surface area contributed by atoms with Gasteiger partial charge in [-0.25, -0.2) is 0 Å². The number of para-hydroxylation sites is 2. The Kier molecular flexibility index (Phi) is 5.23. The van der Waals surface area contributed by atoms with Crippen molar-refractivity contribution in [1.29, 1.82) is 0 Å². The first kappa shape index (κ1) is 17.7. The van der Waals surface area contributed by atoms with Crippen molar-refractivity contribution in [2.75, 3.05) is 11.5 Å². The summed E-state index contributed by atoms with van der Waals surface area (Å²) in [7, 11) is 0. The molecule has 3 rings (SSSR count). The molecule has 1 saturated heterocycles. The summed E-state index contributed by atoms with van der Waals surface area (Å²) in [6.45, 7) is 8.03. The molecule has 132 valence electrons. The molecular formula is C21H25NO3. The third-order valence-corrected chi connectivity index (χ3v) is 4.37. The molecule has 0 spiro atoms. The predicted molar refractivity (Wildman–Crippen MR) is 99.9 cm³/mol. The lowest BCUT2D eigenvalue weighted by Gasteiger charge is -2.36. The van der Waals surface area contributed by atoms with Gasteiger partial charge in [0.15, 0.2) is 5.79 Å². The molecule has 3 atom stereocenters. The van der Waals surface area contributed by atoms with Crippen LogP contribution in [0.15, 0.2) is 73.3 Å². The van der Waals surface area contributed by atoms with Crippen LogP contribution in [0.2, 0.25) is 0 Å². The fraction of sp³-hybridized carbons (Fsp3) is 0.333. The van der Waals surface area contributed by atoms with Crippen LogP contribution in [-0.4, -0.2) is 35.8 Å². The second kappa shape index (κ2) is 7.40. The molecule has 1 heterocycles. The highest BCUT2D eigenvalue weighted by Crippen LogP contribution is 2.32. The molecule has 25 heavy (non-hydrogen) atoms. The molecule has 1 aliphatic heterocycles. The Morgan fingerprint density at radius 2 is 1.60 bits per heavy atom. The molecule has 0 aromatic heterocycles. The van der Waals surface area contributed by atoms with Gasteiger partial charge in [-0.1, -0.05) is 42.5 Å². The topological polar surface area (TPSA) is 41.9 Å². The number of anilines is 2. The Balaban J connectivity index is 1.94. The van der Waals surface area contributed by atoms with Crippen molar-refractivity contribution < 1.29 is 14.6 Å². The minimum absolute atomic E-state index is 0.354. The van der Waals surface area contributed by atoms with Crippen LogP contribution in [0.3, 0.4) is 0 Å². The number of hydrogen-bond acceptors (Lipinski definition) is 4. The van der Waals surface area contributed by atoms with E-state index in [-0.39, 0.29) is 6.04 Å². The number of ether oxygens (including phenoxy) is 2. The lowest BCUT2D eigenvalue weighted by atomic mass is 10.0. The van der Waals surface area contributed by atoms with Gasteiger partial charge in [0.1, 0.15) is 12.2 Å². The van der Waals surface area contributed by atoms with Crippen molar-refractivity contribution in [3.05, 3.63) is 73.3 Å². The minimum Gasteiger partial charge on any atom is -0.388 e. The Bertz CT molecular complexity index is 647. The Morgan fingerprint density at radius 1 is 1.08 bits per heavy atom. The average molecular weight is 339 g/mol.